The number of ether oxygens (including phenoxy) is 1. The third kappa shape index (κ3) is 2.52. The number of aromatic nitrogens is 2. The molecule has 4 nitrogen and oxygen atoms in total. The first-order chi connectivity index (χ1) is 7.68. The van der Waals surface area contributed by atoms with Crippen LogP contribution in [0.5, 0.6) is 0 Å². The quantitative estimate of drug-likeness (QED) is 0.832. The lowest BCUT2D eigenvalue weighted by molar-refractivity contribution is 0.0608. The highest BCUT2D eigenvalue weighted by Gasteiger charge is 2.15. The molecule has 0 aromatic carbocycles. The van der Waals surface area contributed by atoms with Crippen LogP contribution in [0, 0.1) is 12.8 Å². The van der Waals surface area contributed by atoms with Crippen molar-refractivity contribution >= 4 is 15.9 Å². The summed E-state index contributed by atoms with van der Waals surface area (Å²) in [6.45, 7) is 4.18. The molecule has 1 aromatic heterocycles. The van der Waals surface area contributed by atoms with Gasteiger partial charge in [0.1, 0.15) is 4.47 Å². The maximum Gasteiger partial charge on any atom is 0.267 e. The minimum atomic E-state index is 0.0130. The first kappa shape index (κ1) is 11.8. The van der Waals surface area contributed by atoms with E-state index in [1.807, 2.05) is 6.92 Å². The minimum Gasteiger partial charge on any atom is -0.381 e. The highest BCUT2D eigenvalue weighted by molar-refractivity contribution is 9.10. The first-order valence-corrected chi connectivity index (χ1v) is 6.27. The van der Waals surface area contributed by atoms with Crippen LogP contribution in [0.4, 0.5) is 0 Å². The number of aryl methyl sites for hydroxylation is 1. The van der Waals surface area contributed by atoms with E-state index in [-0.39, 0.29) is 5.56 Å². The summed E-state index contributed by atoms with van der Waals surface area (Å²) in [6, 6.07) is 0. The van der Waals surface area contributed by atoms with E-state index in [1.165, 1.54) is 0 Å². The molecule has 1 aliphatic heterocycles. The Morgan fingerprint density at radius 3 is 2.94 bits per heavy atom. The fraction of sp³-hybridized carbons (Fsp3) is 0.636. The normalized spacial score (nSPS) is 17.6. The highest BCUT2D eigenvalue weighted by atomic mass is 79.9. The van der Waals surface area contributed by atoms with Gasteiger partial charge >= 0.3 is 0 Å². The van der Waals surface area contributed by atoms with E-state index in [0.717, 1.165) is 38.3 Å². The van der Waals surface area contributed by atoms with Crippen molar-refractivity contribution in [2.45, 2.75) is 26.3 Å². The Bertz CT molecular complexity index is 424. The lowest BCUT2D eigenvalue weighted by atomic mass is 10.0. The maximum atomic E-state index is 11.9. The molecule has 1 aliphatic rings. The van der Waals surface area contributed by atoms with Gasteiger partial charge in [-0.25, -0.2) is 4.98 Å². The smallest absolute Gasteiger partial charge is 0.267 e. The van der Waals surface area contributed by atoms with Gasteiger partial charge in [0.05, 0.1) is 12.0 Å². The monoisotopic (exact) mass is 286 g/mol. The van der Waals surface area contributed by atoms with E-state index < -0.39 is 0 Å². The molecule has 0 atom stereocenters. The van der Waals surface area contributed by atoms with Crippen LogP contribution in [-0.4, -0.2) is 22.8 Å². The number of nitrogens with zero attached hydrogens (tertiary/aromatic N) is 2. The van der Waals surface area contributed by atoms with Crippen LogP contribution < -0.4 is 5.56 Å². The number of hydrogen-bond acceptors (Lipinski definition) is 3. The molecule has 0 radical (unpaired) electrons. The van der Waals surface area contributed by atoms with Crippen molar-refractivity contribution in [1.29, 1.82) is 0 Å². The zero-order valence-corrected chi connectivity index (χ0v) is 10.9. The number of halogens is 1. The topological polar surface area (TPSA) is 44.1 Å². The third-order valence-corrected chi connectivity index (χ3v) is 3.87. The van der Waals surface area contributed by atoms with Crippen molar-refractivity contribution in [3.8, 4) is 0 Å². The van der Waals surface area contributed by atoms with Crippen molar-refractivity contribution < 1.29 is 4.74 Å². The second kappa shape index (κ2) is 5.10. The Morgan fingerprint density at radius 1 is 1.56 bits per heavy atom. The van der Waals surface area contributed by atoms with Crippen molar-refractivity contribution in [3.05, 3.63) is 26.8 Å². The molecule has 1 saturated heterocycles. The average molecular weight is 287 g/mol. The van der Waals surface area contributed by atoms with Crippen molar-refractivity contribution in [2.24, 2.45) is 5.92 Å². The summed E-state index contributed by atoms with van der Waals surface area (Å²) in [7, 11) is 0. The van der Waals surface area contributed by atoms with Crippen LogP contribution in [0.2, 0.25) is 0 Å². The van der Waals surface area contributed by atoms with E-state index in [2.05, 4.69) is 20.9 Å². The van der Waals surface area contributed by atoms with Crippen molar-refractivity contribution in [3.63, 3.8) is 0 Å². The van der Waals surface area contributed by atoms with Gasteiger partial charge in [0.25, 0.3) is 5.56 Å². The summed E-state index contributed by atoms with van der Waals surface area (Å²) < 4.78 is 7.56. The molecule has 2 rings (SSSR count). The zero-order valence-electron chi connectivity index (χ0n) is 9.28. The number of rotatable bonds is 2. The van der Waals surface area contributed by atoms with E-state index in [9.17, 15) is 4.79 Å². The molecule has 0 spiro atoms. The Morgan fingerprint density at radius 2 is 2.25 bits per heavy atom. The molecule has 16 heavy (non-hydrogen) atoms. The predicted octanol–water partition coefficient (Wildman–Crippen LogP) is 1.74. The molecule has 0 aliphatic carbocycles. The van der Waals surface area contributed by atoms with Gasteiger partial charge in [-0.05, 0) is 41.6 Å². The summed E-state index contributed by atoms with van der Waals surface area (Å²) in [5.41, 5.74) is 0.757. The second-order valence-corrected chi connectivity index (χ2v) is 4.95. The molecule has 1 fully saturated rings. The average Bonchev–Trinajstić information content (AvgIpc) is 2.31. The van der Waals surface area contributed by atoms with Crippen molar-refractivity contribution in [1.82, 2.24) is 9.55 Å². The summed E-state index contributed by atoms with van der Waals surface area (Å²) in [5, 5.41) is 0. The molecule has 0 amide bonds. The van der Waals surface area contributed by atoms with Gasteiger partial charge in [0.2, 0.25) is 0 Å². The molecule has 1 aromatic rings. The Labute approximate surface area is 103 Å². The molecular formula is C11H15BrN2O2. The fourth-order valence-corrected chi connectivity index (χ4v) is 2.21. The van der Waals surface area contributed by atoms with Gasteiger partial charge in [0.15, 0.2) is 0 Å². The largest absolute Gasteiger partial charge is 0.381 e. The first-order valence-electron chi connectivity index (χ1n) is 5.48. The molecule has 0 unspecified atom stereocenters. The van der Waals surface area contributed by atoms with Crippen LogP contribution >= 0.6 is 15.9 Å². The van der Waals surface area contributed by atoms with Gasteiger partial charge in [-0.1, -0.05) is 0 Å². The number of hydrogen-bond donors (Lipinski definition) is 0. The highest BCUT2D eigenvalue weighted by Crippen LogP contribution is 2.16. The maximum absolute atomic E-state index is 11.9. The van der Waals surface area contributed by atoms with Crippen LogP contribution in [0.1, 0.15) is 18.5 Å². The molecule has 0 N–H and O–H groups in total. The summed E-state index contributed by atoms with van der Waals surface area (Å²) in [4.78, 5) is 16.1. The van der Waals surface area contributed by atoms with Crippen LogP contribution in [0.3, 0.4) is 0 Å². The van der Waals surface area contributed by atoms with Gasteiger partial charge in [0, 0.05) is 19.8 Å². The van der Waals surface area contributed by atoms with Gasteiger partial charge < -0.3 is 4.74 Å². The molecular weight excluding hydrogens is 272 g/mol. The summed E-state index contributed by atoms with van der Waals surface area (Å²) in [6.07, 6.45) is 3.69. The van der Waals surface area contributed by atoms with Gasteiger partial charge in [-0.15, -0.1) is 0 Å². The summed E-state index contributed by atoms with van der Waals surface area (Å²) in [5.74, 6) is 0.530. The molecule has 2 heterocycles. The van der Waals surface area contributed by atoms with Crippen LogP contribution in [-0.2, 0) is 11.3 Å². The third-order valence-electron chi connectivity index (χ3n) is 2.95. The Kier molecular flexibility index (Phi) is 3.76. The van der Waals surface area contributed by atoms with Crippen LogP contribution in [0.15, 0.2) is 15.6 Å². The van der Waals surface area contributed by atoms with Gasteiger partial charge in [-0.2, -0.15) is 0 Å². The molecule has 5 heteroatoms. The molecule has 0 bridgehead atoms. The predicted molar refractivity (Wildman–Crippen MR) is 64.5 cm³/mol. The lowest BCUT2D eigenvalue weighted by Gasteiger charge is -2.22. The molecule has 88 valence electrons. The van der Waals surface area contributed by atoms with Crippen molar-refractivity contribution in [2.75, 3.05) is 13.2 Å². The van der Waals surface area contributed by atoms with Crippen LogP contribution in [0.25, 0.3) is 0 Å². The standard InChI is InChI=1S/C11H15BrN2O2/c1-8-10(12)11(15)14(7-13-8)6-9-2-4-16-5-3-9/h7,9H,2-6H2,1H3. The lowest BCUT2D eigenvalue weighted by Crippen LogP contribution is -2.28. The fourth-order valence-electron chi connectivity index (χ4n) is 1.88. The van der Waals surface area contributed by atoms with E-state index >= 15 is 0 Å². The van der Waals surface area contributed by atoms with Gasteiger partial charge in [-0.3, -0.25) is 9.36 Å². The minimum absolute atomic E-state index is 0.0130. The Hall–Kier alpha value is -0.680. The molecule has 0 saturated carbocycles. The SMILES string of the molecule is Cc1ncn(CC2CCOCC2)c(=O)c1Br. The summed E-state index contributed by atoms with van der Waals surface area (Å²) >= 11 is 3.27. The zero-order chi connectivity index (χ0) is 11.5. The van der Waals surface area contributed by atoms with E-state index in [1.54, 1.807) is 10.9 Å². The second-order valence-electron chi connectivity index (χ2n) is 4.16. The Balaban J connectivity index is 2.15. The van der Waals surface area contributed by atoms with E-state index in [0.29, 0.717) is 10.4 Å². The van der Waals surface area contributed by atoms with E-state index in [4.69, 9.17) is 4.74 Å².